The Morgan fingerprint density at radius 2 is 1.56 bits per heavy atom. The molecule has 7 heteroatoms. The van der Waals surface area contributed by atoms with Gasteiger partial charge in [-0.25, -0.2) is 0 Å². The van der Waals surface area contributed by atoms with E-state index >= 15 is 0 Å². The lowest BCUT2D eigenvalue weighted by Crippen LogP contribution is -2.35. The lowest BCUT2D eigenvalue weighted by Gasteiger charge is -2.16. The van der Waals surface area contributed by atoms with Gasteiger partial charge in [0.1, 0.15) is 5.41 Å². The molecule has 2 aromatic carbocycles. The number of Topliss-reactive ketones (excluding diaryl/α,β-unsaturated/α-hetero) is 1. The van der Waals surface area contributed by atoms with Crippen LogP contribution in [0.3, 0.4) is 0 Å². The van der Waals surface area contributed by atoms with E-state index in [2.05, 4.69) is 10.6 Å². The van der Waals surface area contributed by atoms with E-state index in [9.17, 15) is 14.4 Å². The van der Waals surface area contributed by atoms with Gasteiger partial charge in [0.15, 0.2) is 17.3 Å². The van der Waals surface area contributed by atoms with Crippen molar-refractivity contribution in [1.82, 2.24) is 0 Å². The SMILES string of the molecule is CC(=O)c1cccc(NC(=O)C2(C(=O)Nc3ccc4c(c3)OCO4)CC2)c1. The van der Waals surface area contributed by atoms with Gasteiger partial charge in [-0.1, -0.05) is 12.1 Å². The van der Waals surface area contributed by atoms with Crippen LogP contribution in [0.1, 0.15) is 30.1 Å². The number of fused-ring (bicyclic) bond motifs is 1. The number of hydrogen-bond donors (Lipinski definition) is 2. The van der Waals surface area contributed by atoms with Crippen LogP contribution in [0.5, 0.6) is 11.5 Å². The molecule has 2 amide bonds. The Labute approximate surface area is 155 Å². The smallest absolute Gasteiger partial charge is 0.240 e. The van der Waals surface area contributed by atoms with Crippen LogP contribution < -0.4 is 20.1 Å². The third kappa shape index (κ3) is 3.23. The summed E-state index contributed by atoms with van der Waals surface area (Å²) in [7, 11) is 0. The molecule has 0 saturated heterocycles. The number of amides is 2. The average Bonchev–Trinajstić information content (AvgIpc) is 3.34. The first-order valence-electron chi connectivity index (χ1n) is 8.61. The van der Waals surface area contributed by atoms with Gasteiger partial charge in [0, 0.05) is 23.0 Å². The fourth-order valence-electron chi connectivity index (χ4n) is 2.97. The van der Waals surface area contributed by atoms with Gasteiger partial charge in [-0.15, -0.1) is 0 Å². The first kappa shape index (κ1) is 17.1. The van der Waals surface area contributed by atoms with Crippen molar-refractivity contribution in [3.05, 3.63) is 48.0 Å². The van der Waals surface area contributed by atoms with Crippen molar-refractivity contribution in [1.29, 1.82) is 0 Å². The highest BCUT2D eigenvalue weighted by atomic mass is 16.7. The Kier molecular flexibility index (Phi) is 4.07. The molecule has 2 aromatic rings. The number of ether oxygens (including phenoxy) is 2. The van der Waals surface area contributed by atoms with Gasteiger partial charge >= 0.3 is 0 Å². The first-order chi connectivity index (χ1) is 13.0. The molecule has 7 nitrogen and oxygen atoms in total. The molecular formula is C20H18N2O5. The second-order valence-corrected chi connectivity index (χ2v) is 6.70. The number of rotatable bonds is 5. The van der Waals surface area contributed by atoms with Gasteiger partial charge in [-0.2, -0.15) is 0 Å². The van der Waals surface area contributed by atoms with Crippen LogP contribution in [0.25, 0.3) is 0 Å². The highest BCUT2D eigenvalue weighted by Gasteiger charge is 2.56. The van der Waals surface area contributed by atoms with Crippen LogP contribution in [-0.4, -0.2) is 24.4 Å². The van der Waals surface area contributed by atoms with E-state index < -0.39 is 5.41 Å². The first-order valence-corrected chi connectivity index (χ1v) is 8.61. The quantitative estimate of drug-likeness (QED) is 0.627. The average molecular weight is 366 g/mol. The van der Waals surface area contributed by atoms with Crippen molar-refractivity contribution in [2.75, 3.05) is 17.4 Å². The lowest BCUT2D eigenvalue weighted by molar-refractivity contribution is -0.131. The number of benzene rings is 2. The molecule has 1 heterocycles. The van der Waals surface area contributed by atoms with Crippen LogP contribution in [0.4, 0.5) is 11.4 Å². The van der Waals surface area contributed by atoms with Crippen LogP contribution in [0, 0.1) is 5.41 Å². The summed E-state index contributed by atoms with van der Waals surface area (Å²) >= 11 is 0. The molecule has 1 fully saturated rings. The topological polar surface area (TPSA) is 93.7 Å². The van der Waals surface area contributed by atoms with E-state index in [0.29, 0.717) is 41.3 Å². The predicted molar refractivity (Wildman–Crippen MR) is 97.9 cm³/mol. The summed E-state index contributed by atoms with van der Waals surface area (Å²) in [4.78, 5) is 36.9. The number of ketones is 1. The number of hydrogen-bond acceptors (Lipinski definition) is 5. The van der Waals surface area contributed by atoms with Crippen molar-refractivity contribution < 1.29 is 23.9 Å². The van der Waals surface area contributed by atoms with E-state index in [-0.39, 0.29) is 24.4 Å². The standard InChI is InChI=1S/C20H18N2O5/c1-12(23)13-3-2-4-14(9-13)21-18(24)20(7-8-20)19(25)22-15-5-6-16-17(10-15)27-11-26-16/h2-6,9-10H,7-8,11H2,1H3,(H,21,24)(H,22,25). The Morgan fingerprint density at radius 1 is 0.889 bits per heavy atom. The molecule has 2 N–H and O–H groups in total. The molecular weight excluding hydrogens is 348 g/mol. The summed E-state index contributed by atoms with van der Waals surface area (Å²) in [6.45, 7) is 1.61. The minimum Gasteiger partial charge on any atom is -0.454 e. The molecule has 0 spiro atoms. The van der Waals surface area contributed by atoms with Crippen LogP contribution in [0.2, 0.25) is 0 Å². The molecule has 0 unspecified atom stereocenters. The fourth-order valence-corrected chi connectivity index (χ4v) is 2.97. The molecule has 1 saturated carbocycles. The second kappa shape index (κ2) is 6.42. The number of carbonyl (C=O) groups excluding carboxylic acids is 3. The Hall–Kier alpha value is -3.35. The highest BCUT2D eigenvalue weighted by molar-refractivity contribution is 6.17. The molecule has 4 rings (SSSR count). The number of anilines is 2. The summed E-state index contributed by atoms with van der Waals surface area (Å²) in [5.41, 5.74) is 0.446. The fraction of sp³-hybridized carbons (Fsp3) is 0.250. The maximum Gasteiger partial charge on any atom is 0.240 e. The van der Waals surface area contributed by atoms with E-state index in [1.807, 2.05) is 0 Å². The molecule has 138 valence electrons. The van der Waals surface area contributed by atoms with Gasteiger partial charge < -0.3 is 20.1 Å². The third-order valence-corrected chi connectivity index (χ3v) is 4.78. The zero-order valence-electron chi connectivity index (χ0n) is 14.7. The van der Waals surface area contributed by atoms with Crippen LogP contribution >= 0.6 is 0 Å². The van der Waals surface area contributed by atoms with Crippen LogP contribution in [0.15, 0.2) is 42.5 Å². The molecule has 1 aliphatic heterocycles. The largest absolute Gasteiger partial charge is 0.454 e. The summed E-state index contributed by atoms with van der Waals surface area (Å²) in [5.74, 6) is 0.358. The van der Waals surface area contributed by atoms with Crippen molar-refractivity contribution in [2.24, 2.45) is 5.41 Å². The minimum atomic E-state index is -1.09. The molecule has 1 aliphatic carbocycles. The Bertz CT molecular complexity index is 949. The van der Waals surface area contributed by atoms with Gasteiger partial charge in [0.2, 0.25) is 18.6 Å². The van der Waals surface area contributed by atoms with E-state index in [1.54, 1.807) is 42.5 Å². The normalized spacial score (nSPS) is 15.7. The molecule has 27 heavy (non-hydrogen) atoms. The highest BCUT2D eigenvalue weighted by Crippen LogP contribution is 2.48. The maximum atomic E-state index is 12.7. The molecule has 0 atom stereocenters. The molecule has 0 radical (unpaired) electrons. The van der Waals surface area contributed by atoms with E-state index in [4.69, 9.17) is 9.47 Å². The summed E-state index contributed by atoms with van der Waals surface area (Å²) in [6.07, 6.45) is 0.948. The summed E-state index contributed by atoms with van der Waals surface area (Å²) in [6, 6.07) is 11.8. The van der Waals surface area contributed by atoms with Crippen LogP contribution in [-0.2, 0) is 9.59 Å². The zero-order valence-corrected chi connectivity index (χ0v) is 14.7. The summed E-state index contributed by atoms with van der Waals surface area (Å²) in [5, 5.41) is 5.53. The third-order valence-electron chi connectivity index (χ3n) is 4.78. The number of nitrogens with one attached hydrogen (secondary N) is 2. The van der Waals surface area contributed by atoms with E-state index in [1.165, 1.54) is 6.92 Å². The second-order valence-electron chi connectivity index (χ2n) is 6.70. The lowest BCUT2D eigenvalue weighted by atomic mass is 10.0. The van der Waals surface area contributed by atoms with Gasteiger partial charge in [-0.05, 0) is 44.0 Å². The monoisotopic (exact) mass is 366 g/mol. The van der Waals surface area contributed by atoms with Gasteiger partial charge in [0.25, 0.3) is 0 Å². The molecule has 0 aromatic heterocycles. The van der Waals surface area contributed by atoms with Gasteiger partial charge in [-0.3, -0.25) is 14.4 Å². The maximum absolute atomic E-state index is 12.7. The van der Waals surface area contributed by atoms with E-state index in [0.717, 1.165) is 0 Å². The van der Waals surface area contributed by atoms with Crippen molar-refractivity contribution >= 4 is 29.0 Å². The molecule has 0 bridgehead atoms. The summed E-state index contributed by atoms with van der Waals surface area (Å²) < 4.78 is 10.5. The van der Waals surface area contributed by atoms with Gasteiger partial charge in [0.05, 0.1) is 0 Å². The zero-order chi connectivity index (χ0) is 19.0. The number of carbonyl (C=O) groups is 3. The predicted octanol–water partition coefficient (Wildman–Crippen LogP) is 2.98. The van der Waals surface area contributed by atoms with Crippen molar-refractivity contribution in [2.45, 2.75) is 19.8 Å². The minimum absolute atomic E-state index is 0.0900. The Balaban J connectivity index is 1.46. The Morgan fingerprint density at radius 3 is 2.22 bits per heavy atom. The molecule has 2 aliphatic rings. The van der Waals surface area contributed by atoms with Crippen molar-refractivity contribution in [3.63, 3.8) is 0 Å². The van der Waals surface area contributed by atoms with Crippen molar-refractivity contribution in [3.8, 4) is 11.5 Å².